The molecule has 1 aliphatic rings. The van der Waals surface area contributed by atoms with Gasteiger partial charge < -0.3 is 14.5 Å². The van der Waals surface area contributed by atoms with Crippen LogP contribution in [0.1, 0.15) is 41.9 Å². The topological polar surface area (TPSA) is 58.6 Å². The molecule has 29 heavy (non-hydrogen) atoms. The largest absolute Gasteiger partial charge is 0.378 e. The first kappa shape index (κ1) is 21.6. The Kier molecular flexibility index (Phi) is 7.89. The van der Waals surface area contributed by atoms with E-state index in [2.05, 4.69) is 36.8 Å². The van der Waals surface area contributed by atoms with Gasteiger partial charge in [-0.3, -0.25) is 4.79 Å². The highest BCUT2D eigenvalue weighted by atomic mass is 32.2. The van der Waals surface area contributed by atoms with E-state index in [1.807, 2.05) is 29.2 Å². The number of rotatable bonds is 8. The number of nitrogens with zero attached hydrogens (tertiary/aromatic N) is 4. The highest BCUT2D eigenvalue weighted by Gasteiger charge is 2.18. The Balaban J connectivity index is 1.63. The van der Waals surface area contributed by atoms with Gasteiger partial charge in [-0.1, -0.05) is 37.7 Å². The molecule has 6 nitrogen and oxygen atoms in total. The van der Waals surface area contributed by atoms with Crippen LogP contribution in [0.25, 0.3) is 0 Å². The lowest BCUT2D eigenvalue weighted by Gasteiger charge is -2.26. The quantitative estimate of drug-likeness (QED) is 0.485. The standard InChI is InChI=1S/C22H30N4O2S/c1-4-10-25(3)20-15-19(5-2)23-22(24-20)29-16-17-6-8-18(9-7-17)21(27)26-11-13-28-14-12-26/h6-9,15H,4-5,10-14,16H2,1-3H3. The van der Waals surface area contributed by atoms with Crippen molar-refractivity contribution < 1.29 is 9.53 Å². The Bertz CT molecular complexity index is 807. The van der Waals surface area contributed by atoms with Crippen LogP contribution in [0.4, 0.5) is 5.82 Å². The van der Waals surface area contributed by atoms with E-state index < -0.39 is 0 Å². The molecule has 1 aromatic heterocycles. The number of thioether (sulfide) groups is 1. The summed E-state index contributed by atoms with van der Waals surface area (Å²) in [5.74, 6) is 1.83. The number of amides is 1. The smallest absolute Gasteiger partial charge is 0.254 e. The first-order valence-corrected chi connectivity index (χ1v) is 11.3. The van der Waals surface area contributed by atoms with Crippen LogP contribution in [-0.2, 0) is 16.9 Å². The Morgan fingerprint density at radius 3 is 2.55 bits per heavy atom. The minimum Gasteiger partial charge on any atom is -0.378 e. The van der Waals surface area contributed by atoms with Crippen LogP contribution in [0.5, 0.6) is 0 Å². The summed E-state index contributed by atoms with van der Waals surface area (Å²) in [5, 5.41) is 0.802. The summed E-state index contributed by atoms with van der Waals surface area (Å²) < 4.78 is 5.32. The lowest BCUT2D eigenvalue weighted by atomic mass is 10.1. The van der Waals surface area contributed by atoms with Gasteiger partial charge in [0.2, 0.25) is 0 Å². The fraction of sp³-hybridized carbons (Fsp3) is 0.500. The van der Waals surface area contributed by atoms with Gasteiger partial charge in [0.05, 0.1) is 13.2 Å². The van der Waals surface area contributed by atoms with Crippen molar-refractivity contribution in [1.29, 1.82) is 0 Å². The van der Waals surface area contributed by atoms with E-state index in [1.165, 1.54) is 0 Å². The number of anilines is 1. The van der Waals surface area contributed by atoms with Crippen LogP contribution in [0.2, 0.25) is 0 Å². The Morgan fingerprint density at radius 2 is 1.90 bits per heavy atom. The fourth-order valence-electron chi connectivity index (χ4n) is 3.19. The average molecular weight is 415 g/mol. The van der Waals surface area contributed by atoms with Crippen LogP contribution in [0.3, 0.4) is 0 Å². The Labute approximate surface area is 177 Å². The third-order valence-corrected chi connectivity index (χ3v) is 5.84. The highest BCUT2D eigenvalue weighted by molar-refractivity contribution is 7.98. The first-order chi connectivity index (χ1) is 14.1. The number of carbonyl (C=O) groups is 1. The molecule has 3 rings (SSSR count). The van der Waals surface area contributed by atoms with Gasteiger partial charge in [-0.15, -0.1) is 0 Å². The van der Waals surface area contributed by atoms with Crippen molar-refractivity contribution in [2.24, 2.45) is 0 Å². The van der Waals surface area contributed by atoms with Gasteiger partial charge in [0.15, 0.2) is 5.16 Å². The van der Waals surface area contributed by atoms with Crippen LogP contribution < -0.4 is 4.90 Å². The van der Waals surface area contributed by atoms with Crippen LogP contribution >= 0.6 is 11.8 Å². The lowest BCUT2D eigenvalue weighted by Crippen LogP contribution is -2.40. The second-order valence-corrected chi connectivity index (χ2v) is 8.11. The number of ether oxygens (including phenoxy) is 1. The molecular weight excluding hydrogens is 384 g/mol. The number of hydrogen-bond donors (Lipinski definition) is 0. The summed E-state index contributed by atoms with van der Waals surface area (Å²) in [7, 11) is 2.07. The van der Waals surface area contributed by atoms with Crippen molar-refractivity contribution in [3.63, 3.8) is 0 Å². The molecule has 2 heterocycles. The van der Waals surface area contributed by atoms with Crippen molar-refractivity contribution in [2.75, 3.05) is 44.8 Å². The SMILES string of the molecule is CCCN(C)c1cc(CC)nc(SCc2ccc(C(=O)N3CCOCC3)cc2)n1. The predicted molar refractivity (Wildman–Crippen MR) is 118 cm³/mol. The van der Waals surface area contributed by atoms with E-state index in [4.69, 9.17) is 9.72 Å². The predicted octanol–water partition coefficient (Wildman–Crippen LogP) is 3.65. The van der Waals surface area contributed by atoms with Gasteiger partial charge in [-0.2, -0.15) is 0 Å². The highest BCUT2D eigenvalue weighted by Crippen LogP contribution is 2.23. The Hall–Kier alpha value is -2.12. The third-order valence-electron chi connectivity index (χ3n) is 4.92. The van der Waals surface area contributed by atoms with Crippen molar-refractivity contribution in [3.05, 3.63) is 47.2 Å². The normalized spacial score (nSPS) is 14.1. The lowest BCUT2D eigenvalue weighted by molar-refractivity contribution is 0.0303. The molecule has 1 aromatic carbocycles. The zero-order valence-corrected chi connectivity index (χ0v) is 18.4. The van der Waals surface area contributed by atoms with E-state index in [-0.39, 0.29) is 5.91 Å². The average Bonchev–Trinajstić information content (AvgIpc) is 2.78. The maximum absolute atomic E-state index is 12.6. The molecule has 1 saturated heterocycles. The molecule has 1 aliphatic heterocycles. The summed E-state index contributed by atoms with van der Waals surface area (Å²) in [4.78, 5) is 26.0. The van der Waals surface area contributed by atoms with E-state index in [0.29, 0.717) is 26.3 Å². The molecule has 0 atom stereocenters. The number of carbonyl (C=O) groups excluding carboxylic acids is 1. The maximum atomic E-state index is 12.6. The number of aromatic nitrogens is 2. The maximum Gasteiger partial charge on any atom is 0.254 e. The van der Waals surface area contributed by atoms with Gasteiger partial charge in [0.25, 0.3) is 5.91 Å². The van der Waals surface area contributed by atoms with Crippen LogP contribution in [-0.4, -0.2) is 60.7 Å². The molecule has 1 amide bonds. The molecule has 0 unspecified atom stereocenters. The summed E-state index contributed by atoms with van der Waals surface area (Å²) in [6, 6.07) is 9.95. The summed E-state index contributed by atoms with van der Waals surface area (Å²) in [6.07, 6.45) is 1.97. The fourth-order valence-corrected chi connectivity index (χ4v) is 4.02. The molecule has 0 radical (unpaired) electrons. The number of aryl methyl sites for hydroxylation is 1. The molecule has 2 aromatic rings. The molecule has 0 saturated carbocycles. The number of morpholine rings is 1. The number of hydrogen-bond acceptors (Lipinski definition) is 6. The van der Waals surface area contributed by atoms with Gasteiger partial charge >= 0.3 is 0 Å². The van der Waals surface area contributed by atoms with E-state index in [0.717, 1.165) is 52.9 Å². The van der Waals surface area contributed by atoms with Crippen molar-refractivity contribution >= 4 is 23.5 Å². The molecular formula is C22H30N4O2S. The molecule has 0 spiro atoms. The minimum absolute atomic E-state index is 0.0788. The molecule has 7 heteroatoms. The van der Waals surface area contributed by atoms with Crippen LogP contribution in [0, 0.1) is 0 Å². The van der Waals surface area contributed by atoms with Gasteiger partial charge in [-0.05, 0) is 30.5 Å². The van der Waals surface area contributed by atoms with Crippen molar-refractivity contribution in [2.45, 2.75) is 37.6 Å². The molecule has 156 valence electrons. The monoisotopic (exact) mass is 414 g/mol. The zero-order chi connectivity index (χ0) is 20.6. The molecule has 0 N–H and O–H groups in total. The second kappa shape index (κ2) is 10.6. The van der Waals surface area contributed by atoms with E-state index in [9.17, 15) is 4.79 Å². The van der Waals surface area contributed by atoms with Crippen molar-refractivity contribution in [3.8, 4) is 0 Å². The summed E-state index contributed by atoms with van der Waals surface area (Å²) in [5.41, 5.74) is 2.95. The van der Waals surface area contributed by atoms with Gasteiger partial charge in [-0.25, -0.2) is 9.97 Å². The molecule has 0 aliphatic carbocycles. The summed E-state index contributed by atoms with van der Waals surface area (Å²) in [6.45, 7) is 7.82. The van der Waals surface area contributed by atoms with E-state index >= 15 is 0 Å². The zero-order valence-electron chi connectivity index (χ0n) is 17.6. The molecule has 1 fully saturated rings. The third kappa shape index (κ3) is 5.93. The minimum atomic E-state index is 0.0788. The first-order valence-electron chi connectivity index (χ1n) is 10.3. The summed E-state index contributed by atoms with van der Waals surface area (Å²) >= 11 is 1.63. The van der Waals surface area contributed by atoms with Crippen LogP contribution in [0.15, 0.2) is 35.5 Å². The van der Waals surface area contributed by atoms with Crippen molar-refractivity contribution in [1.82, 2.24) is 14.9 Å². The number of benzene rings is 1. The Morgan fingerprint density at radius 1 is 1.17 bits per heavy atom. The van der Waals surface area contributed by atoms with Gasteiger partial charge in [0.1, 0.15) is 5.82 Å². The second-order valence-electron chi connectivity index (χ2n) is 7.17. The van der Waals surface area contributed by atoms with E-state index in [1.54, 1.807) is 11.8 Å². The van der Waals surface area contributed by atoms with Gasteiger partial charge in [0, 0.05) is 49.8 Å². The molecule has 0 bridgehead atoms.